The Morgan fingerprint density at radius 2 is 0.903 bits per heavy atom. The van der Waals surface area contributed by atoms with Crippen LogP contribution >= 0.6 is 0 Å². The third-order valence-electron chi connectivity index (χ3n) is 10.8. The number of aromatic nitrogens is 2. The molecular weight excluding hydrogens is 837 g/mol. The van der Waals surface area contributed by atoms with Crippen molar-refractivity contribution in [3.63, 3.8) is 0 Å². The second-order valence-electron chi connectivity index (χ2n) is 14.4. The fourth-order valence-corrected chi connectivity index (χ4v) is 9.82. The van der Waals surface area contributed by atoms with Crippen molar-refractivity contribution in [2.45, 2.75) is 47.6 Å². The third-order valence-corrected chi connectivity index (χ3v) is 13.5. The number of hydrogen-bond acceptors (Lipinski definition) is 14. The summed E-state index contributed by atoms with van der Waals surface area (Å²) >= 11 is 0. The van der Waals surface area contributed by atoms with E-state index in [2.05, 4.69) is 19.4 Å². The molecule has 0 aliphatic carbocycles. The number of carbonyl (C=O) groups excluding carboxylic acids is 2. The molecule has 0 bridgehead atoms. The van der Waals surface area contributed by atoms with Crippen LogP contribution in [0.5, 0.6) is 11.5 Å². The van der Waals surface area contributed by atoms with E-state index in [9.17, 15) is 26.4 Å². The highest BCUT2D eigenvalue weighted by molar-refractivity contribution is 7.93. The molecule has 2 saturated heterocycles. The lowest BCUT2D eigenvalue weighted by Crippen LogP contribution is -2.37. The van der Waals surface area contributed by atoms with Crippen LogP contribution in [0.4, 0.5) is 23.0 Å². The van der Waals surface area contributed by atoms with E-state index in [4.69, 9.17) is 18.9 Å². The van der Waals surface area contributed by atoms with Gasteiger partial charge in [-0.2, -0.15) is 0 Å². The van der Waals surface area contributed by atoms with Crippen molar-refractivity contribution in [3.8, 4) is 11.5 Å². The van der Waals surface area contributed by atoms with E-state index >= 15 is 0 Å². The number of nitrogens with one attached hydrogen (secondary N) is 2. The zero-order valence-electron chi connectivity index (χ0n) is 34.5. The number of sulfonamides is 2. The molecule has 2 aliphatic rings. The SMILES string of the molecule is COC(=O)[C@H]1CCCN1c1ncc(NS(=O)(=O)c2ccc(OC)cc2)c2ccccc12.COC(=O)[C@H]1CCCN1c1ncc(NS(=O)(=O)c2ccc(OC)cc2)c2ccccc12. The van der Waals surface area contributed by atoms with Gasteiger partial charge in [-0.25, -0.2) is 36.4 Å². The summed E-state index contributed by atoms with van der Waals surface area (Å²) in [7, 11) is -1.85. The highest BCUT2D eigenvalue weighted by atomic mass is 32.2. The molecule has 4 aromatic carbocycles. The van der Waals surface area contributed by atoms with Gasteiger partial charge in [-0.1, -0.05) is 48.5 Å². The Kier molecular flexibility index (Phi) is 13.0. The second kappa shape index (κ2) is 18.5. The van der Waals surface area contributed by atoms with Crippen LogP contribution < -0.4 is 28.7 Å². The fourth-order valence-electron chi connectivity index (χ4n) is 7.70. The van der Waals surface area contributed by atoms with E-state index in [1.54, 1.807) is 24.3 Å². The standard InChI is InChI=1S/2C22H23N3O5S/c2*1-29-15-9-11-16(12-10-15)31(27,28)24-19-14-23-21(18-7-4-3-6-17(18)19)25-13-5-8-20(25)22(26)30-2/h2*3-4,6-7,9-12,14,20,24H,5,8,13H2,1-2H3/t2*20-/m11/s1. The van der Waals surface area contributed by atoms with Crippen molar-refractivity contribution in [1.82, 2.24) is 9.97 Å². The normalized spacial score (nSPS) is 16.3. The molecule has 16 nitrogen and oxygen atoms in total. The molecule has 62 heavy (non-hydrogen) atoms. The van der Waals surface area contributed by atoms with Gasteiger partial charge in [0, 0.05) is 34.6 Å². The summed E-state index contributed by atoms with van der Waals surface area (Å²) in [5, 5.41) is 2.90. The maximum atomic E-state index is 12.9. The summed E-state index contributed by atoms with van der Waals surface area (Å²) in [5.41, 5.74) is 0.730. The Hall–Kier alpha value is -6.66. The maximum Gasteiger partial charge on any atom is 0.328 e. The van der Waals surface area contributed by atoms with Gasteiger partial charge >= 0.3 is 11.9 Å². The van der Waals surface area contributed by atoms with Crippen molar-refractivity contribution in [3.05, 3.63) is 109 Å². The predicted molar refractivity (Wildman–Crippen MR) is 236 cm³/mol. The van der Waals surface area contributed by atoms with E-state index in [-0.39, 0.29) is 21.7 Å². The smallest absolute Gasteiger partial charge is 0.328 e. The Balaban J connectivity index is 0.000000186. The van der Waals surface area contributed by atoms with Gasteiger partial charge in [0.25, 0.3) is 20.0 Å². The van der Waals surface area contributed by atoms with Gasteiger partial charge in [-0.3, -0.25) is 9.44 Å². The van der Waals surface area contributed by atoms with Crippen LogP contribution in [0.15, 0.2) is 119 Å². The van der Waals surface area contributed by atoms with Crippen molar-refractivity contribution in [2.24, 2.45) is 0 Å². The lowest BCUT2D eigenvalue weighted by atomic mass is 10.1. The first-order valence-electron chi connectivity index (χ1n) is 19.7. The summed E-state index contributed by atoms with van der Waals surface area (Å²) in [6, 6.07) is 26.3. The van der Waals surface area contributed by atoms with E-state index in [1.807, 2.05) is 58.3 Å². The van der Waals surface area contributed by atoms with Crippen LogP contribution in [-0.4, -0.2) is 92.4 Å². The zero-order chi connectivity index (χ0) is 44.0. The number of nitrogens with zero attached hydrogens (tertiary/aromatic N) is 4. The van der Waals surface area contributed by atoms with Gasteiger partial charge < -0.3 is 28.7 Å². The number of rotatable bonds is 12. The number of hydrogen-bond donors (Lipinski definition) is 2. The first-order valence-corrected chi connectivity index (χ1v) is 22.6. The van der Waals surface area contributed by atoms with Crippen LogP contribution in [0.2, 0.25) is 0 Å². The zero-order valence-corrected chi connectivity index (χ0v) is 36.1. The number of anilines is 4. The minimum atomic E-state index is -3.82. The molecule has 0 saturated carbocycles. The summed E-state index contributed by atoms with van der Waals surface area (Å²) in [6.45, 7) is 1.35. The molecule has 2 atom stereocenters. The van der Waals surface area contributed by atoms with Gasteiger partial charge in [0.1, 0.15) is 35.2 Å². The molecule has 0 radical (unpaired) electrons. The number of ether oxygens (including phenoxy) is 4. The first-order chi connectivity index (χ1) is 29.9. The minimum absolute atomic E-state index is 0.117. The van der Waals surface area contributed by atoms with Gasteiger partial charge in [0.05, 0.1) is 62.0 Å². The highest BCUT2D eigenvalue weighted by Gasteiger charge is 2.35. The molecule has 8 rings (SSSR count). The Morgan fingerprint density at radius 3 is 1.24 bits per heavy atom. The van der Waals surface area contributed by atoms with Crippen molar-refractivity contribution in [1.29, 1.82) is 0 Å². The van der Waals surface area contributed by atoms with Gasteiger partial charge in [0.2, 0.25) is 0 Å². The topological polar surface area (TPSA) is 196 Å². The van der Waals surface area contributed by atoms with Crippen LogP contribution in [0.1, 0.15) is 25.7 Å². The molecule has 2 aromatic heterocycles. The summed E-state index contributed by atoms with van der Waals surface area (Å²) in [5.74, 6) is 1.81. The fraction of sp³-hybridized carbons (Fsp3) is 0.273. The molecule has 2 aliphatic heterocycles. The number of pyridine rings is 2. The van der Waals surface area contributed by atoms with E-state index in [0.29, 0.717) is 71.2 Å². The van der Waals surface area contributed by atoms with E-state index in [0.717, 1.165) is 23.6 Å². The van der Waals surface area contributed by atoms with Crippen molar-refractivity contribution < 1.29 is 45.4 Å². The molecule has 0 amide bonds. The van der Waals surface area contributed by atoms with Crippen molar-refractivity contribution >= 4 is 76.5 Å². The lowest BCUT2D eigenvalue weighted by molar-refractivity contribution is -0.142. The first kappa shape index (κ1) is 43.4. The highest BCUT2D eigenvalue weighted by Crippen LogP contribution is 2.37. The number of esters is 2. The summed E-state index contributed by atoms with van der Waals surface area (Å²) < 4.78 is 77.0. The summed E-state index contributed by atoms with van der Waals surface area (Å²) in [6.07, 6.45) is 6.06. The van der Waals surface area contributed by atoms with E-state index < -0.39 is 32.1 Å². The van der Waals surface area contributed by atoms with Crippen LogP contribution in [0, 0.1) is 0 Å². The third kappa shape index (κ3) is 9.01. The molecule has 4 heterocycles. The maximum absolute atomic E-state index is 12.9. The monoisotopic (exact) mass is 882 g/mol. The lowest BCUT2D eigenvalue weighted by Gasteiger charge is -2.25. The molecule has 6 aromatic rings. The average Bonchev–Trinajstić information content (AvgIpc) is 4.00. The second-order valence-corrected chi connectivity index (χ2v) is 17.8. The Bertz CT molecular complexity index is 2620. The van der Waals surface area contributed by atoms with Crippen molar-refractivity contribution in [2.75, 3.05) is 60.8 Å². The van der Waals surface area contributed by atoms with E-state index in [1.165, 1.54) is 65.1 Å². The van der Waals surface area contributed by atoms with Crippen LogP contribution in [0.3, 0.4) is 0 Å². The molecule has 18 heteroatoms. The van der Waals surface area contributed by atoms with Crippen LogP contribution in [-0.2, 0) is 39.1 Å². The van der Waals surface area contributed by atoms with Gasteiger partial charge in [-0.05, 0) is 74.2 Å². The molecule has 0 unspecified atom stereocenters. The minimum Gasteiger partial charge on any atom is -0.497 e. The number of benzene rings is 4. The van der Waals surface area contributed by atoms with Crippen LogP contribution in [0.25, 0.3) is 21.5 Å². The largest absolute Gasteiger partial charge is 0.497 e. The number of fused-ring (bicyclic) bond motifs is 2. The molecule has 2 N–H and O–H groups in total. The average molecular weight is 883 g/mol. The van der Waals surface area contributed by atoms with Gasteiger partial charge in [-0.15, -0.1) is 0 Å². The molecular formula is C44H46N6O10S2. The Morgan fingerprint density at radius 1 is 0.548 bits per heavy atom. The number of carbonyl (C=O) groups is 2. The Labute approximate surface area is 359 Å². The quantitative estimate of drug-likeness (QED) is 0.129. The molecule has 2 fully saturated rings. The number of methoxy groups -OCH3 is 4. The summed E-state index contributed by atoms with van der Waals surface area (Å²) in [4.78, 5) is 37.5. The van der Waals surface area contributed by atoms with Gasteiger partial charge in [0.15, 0.2) is 0 Å². The molecule has 324 valence electrons. The predicted octanol–water partition coefficient (Wildman–Crippen LogP) is 6.37. The molecule has 0 spiro atoms.